The highest BCUT2D eigenvalue weighted by molar-refractivity contribution is 5.75. The van der Waals surface area contributed by atoms with Gasteiger partial charge in [-0.1, -0.05) is 6.92 Å². The van der Waals surface area contributed by atoms with Crippen LogP contribution in [0, 0.1) is 0 Å². The predicted molar refractivity (Wildman–Crippen MR) is 69.7 cm³/mol. The van der Waals surface area contributed by atoms with Crippen LogP contribution in [0.1, 0.15) is 39.0 Å². The summed E-state index contributed by atoms with van der Waals surface area (Å²) in [5.41, 5.74) is 5.49. The van der Waals surface area contributed by atoms with Gasteiger partial charge >= 0.3 is 0 Å². The maximum Gasteiger partial charge on any atom is 0.221 e. The number of hydrogen-bond donors (Lipinski definition) is 4. The molecule has 5 heteroatoms. The molecule has 5 nitrogen and oxygen atoms in total. The summed E-state index contributed by atoms with van der Waals surface area (Å²) in [4.78, 5) is 11.4. The van der Waals surface area contributed by atoms with E-state index in [1.807, 2.05) is 0 Å². The Morgan fingerprint density at radius 1 is 1.35 bits per heavy atom. The molecule has 0 aliphatic heterocycles. The summed E-state index contributed by atoms with van der Waals surface area (Å²) >= 11 is 0. The van der Waals surface area contributed by atoms with E-state index < -0.39 is 0 Å². The first-order valence-electron chi connectivity index (χ1n) is 6.55. The molecule has 0 aliphatic carbocycles. The minimum absolute atomic E-state index is 0.0676. The summed E-state index contributed by atoms with van der Waals surface area (Å²) in [7, 11) is 0. The third-order valence-corrected chi connectivity index (χ3v) is 2.70. The van der Waals surface area contributed by atoms with Crippen LogP contribution < -0.4 is 16.4 Å². The molecule has 0 aromatic heterocycles. The standard InChI is InChI=1S/C12H27N3O2/c1-2-11(5-7-13)14-9-6-12(17)15-8-3-4-10-16/h11,14,16H,2-10,13H2,1H3,(H,15,17). The highest BCUT2D eigenvalue weighted by atomic mass is 16.2. The first kappa shape index (κ1) is 16.4. The van der Waals surface area contributed by atoms with E-state index in [-0.39, 0.29) is 12.5 Å². The Kier molecular flexibility index (Phi) is 11.4. The van der Waals surface area contributed by atoms with E-state index in [1.165, 1.54) is 0 Å². The van der Waals surface area contributed by atoms with Crippen molar-refractivity contribution in [2.45, 2.75) is 45.1 Å². The zero-order valence-corrected chi connectivity index (χ0v) is 10.9. The molecule has 0 saturated carbocycles. The van der Waals surface area contributed by atoms with Crippen molar-refractivity contribution >= 4 is 5.91 Å². The van der Waals surface area contributed by atoms with E-state index in [1.54, 1.807) is 0 Å². The van der Waals surface area contributed by atoms with Gasteiger partial charge in [0.1, 0.15) is 0 Å². The molecule has 17 heavy (non-hydrogen) atoms. The summed E-state index contributed by atoms with van der Waals surface area (Å²) in [5.74, 6) is 0.0676. The zero-order chi connectivity index (χ0) is 12.9. The molecular weight excluding hydrogens is 218 g/mol. The fourth-order valence-electron chi connectivity index (χ4n) is 1.59. The van der Waals surface area contributed by atoms with Gasteiger partial charge in [0.25, 0.3) is 0 Å². The fourth-order valence-corrected chi connectivity index (χ4v) is 1.59. The Morgan fingerprint density at radius 2 is 2.12 bits per heavy atom. The van der Waals surface area contributed by atoms with Crippen molar-refractivity contribution in [3.63, 3.8) is 0 Å². The molecule has 0 fully saturated rings. The Bertz CT molecular complexity index is 189. The second-order valence-electron chi connectivity index (χ2n) is 4.17. The maximum absolute atomic E-state index is 11.4. The van der Waals surface area contributed by atoms with Crippen molar-refractivity contribution in [1.82, 2.24) is 10.6 Å². The zero-order valence-electron chi connectivity index (χ0n) is 10.9. The van der Waals surface area contributed by atoms with Crippen LogP contribution in [0.4, 0.5) is 0 Å². The van der Waals surface area contributed by atoms with Crippen LogP contribution in [0.25, 0.3) is 0 Å². The normalized spacial score (nSPS) is 12.4. The molecule has 0 aliphatic rings. The lowest BCUT2D eigenvalue weighted by molar-refractivity contribution is -0.121. The summed E-state index contributed by atoms with van der Waals surface area (Å²) in [5, 5.41) is 14.7. The van der Waals surface area contributed by atoms with Gasteiger partial charge in [-0.15, -0.1) is 0 Å². The number of nitrogens with one attached hydrogen (secondary N) is 2. The van der Waals surface area contributed by atoms with Crippen LogP contribution in [0.15, 0.2) is 0 Å². The summed E-state index contributed by atoms with van der Waals surface area (Å²) in [6.07, 6.45) is 4.07. The first-order valence-corrected chi connectivity index (χ1v) is 6.55. The molecule has 0 aromatic carbocycles. The van der Waals surface area contributed by atoms with Crippen molar-refractivity contribution < 1.29 is 9.90 Å². The molecule has 0 heterocycles. The van der Waals surface area contributed by atoms with E-state index in [2.05, 4.69) is 17.6 Å². The molecule has 0 aromatic rings. The number of rotatable bonds is 11. The lowest BCUT2D eigenvalue weighted by atomic mass is 10.1. The highest BCUT2D eigenvalue weighted by Gasteiger charge is 2.05. The molecule has 1 atom stereocenters. The largest absolute Gasteiger partial charge is 0.396 e. The molecule has 0 rings (SSSR count). The minimum Gasteiger partial charge on any atom is -0.396 e. The number of aliphatic hydroxyl groups is 1. The molecule has 0 spiro atoms. The van der Waals surface area contributed by atoms with Gasteiger partial charge < -0.3 is 21.5 Å². The van der Waals surface area contributed by atoms with Gasteiger partial charge in [0.15, 0.2) is 0 Å². The second kappa shape index (κ2) is 11.8. The van der Waals surface area contributed by atoms with E-state index in [4.69, 9.17) is 10.8 Å². The molecular formula is C12H27N3O2. The van der Waals surface area contributed by atoms with E-state index in [0.717, 1.165) is 25.7 Å². The highest BCUT2D eigenvalue weighted by Crippen LogP contribution is 1.95. The SMILES string of the molecule is CCC(CCN)NCCC(=O)NCCCCO. The lowest BCUT2D eigenvalue weighted by Gasteiger charge is -2.15. The average Bonchev–Trinajstić information content (AvgIpc) is 2.33. The quantitative estimate of drug-likeness (QED) is 0.385. The lowest BCUT2D eigenvalue weighted by Crippen LogP contribution is -2.34. The van der Waals surface area contributed by atoms with Gasteiger partial charge in [-0.05, 0) is 32.2 Å². The number of hydrogen-bond acceptors (Lipinski definition) is 4. The third kappa shape index (κ3) is 10.2. The van der Waals surface area contributed by atoms with E-state index in [0.29, 0.717) is 32.1 Å². The minimum atomic E-state index is 0.0676. The van der Waals surface area contributed by atoms with E-state index >= 15 is 0 Å². The summed E-state index contributed by atoms with van der Waals surface area (Å²) < 4.78 is 0. The average molecular weight is 245 g/mol. The maximum atomic E-state index is 11.4. The Labute approximate surface area is 104 Å². The number of nitrogens with two attached hydrogens (primary N) is 1. The van der Waals surface area contributed by atoms with Gasteiger partial charge in [-0.2, -0.15) is 0 Å². The van der Waals surface area contributed by atoms with Crippen molar-refractivity contribution in [2.75, 3.05) is 26.2 Å². The van der Waals surface area contributed by atoms with Gasteiger partial charge in [-0.25, -0.2) is 0 Å². The van der Waals surface area contributed by atoms with Gasteiger partial charge in [0.2, 0.25) is 5.91 Å². The van der Waals surface area contributed by atoms with Crippen molar-refractivity contribution in [3.8, 4) is 0 Å². The molecule has 0 saturated heterocycles. The van der Waals surface area contributed by atoms with Gasteiger partial charge in [0, 0.05) is 32.2 Å². The Balaban J connectivity index is 3.42. The van der Waals surface area contributed by atoms with Crippen LogP contribution in [0.5, 0.6) is 0 Å². The van der Waals surface area contributed by atoms with Crippen LogP contribution >= 0.6 is 0 Å². The molecule has 0 bridgehead atoms. The van der Waals surface area contributed by atoms with Gasteiger partial charge in [-0.3, -0.25) is 4.79 Å². The van der Waals surface area contributed by atoms with E-state index in [9.17, 15) is 4.79 Å². The predicted octanol–water partition coefficient (Wildman–Crippen LogP) is -0.0178. The molecule has 1 amide bonds. The van der Waals surface area contributed by atoms with Crippen molar-refractivity contribution in [1.29, 1.82) is 0 Å². The van der Waals surface area contributed by atoms with Gasteiger partial charge in [0.05, 0.1) is 0 Å². The number of carbonyl (C=O) groups is 1. The van der Waals surface area contributed by atoms with Crippen LogP contribution in [0.2, 0.25) is 0 Å². The van der Waals surface area contributed by atoms with Crippen molar-refractivity contribution in [2.24, 2.45) is 5.73 Å². The molecule has 1 unspecified atom stereocenters. The fraction of sp³-hybridized carbons (Fsp3) is 0.917. The molecule has 102 valence electrons. The van der Waals surface area contributed by atoms with Crippen LogP contribution in [-0.4, -0.2) is 43.3 Å². The van der Waals surface area contributed by atoms with Crippen LogP contribution in [0.3, 0.4) is 0 Å². The molecule has 0 radical (unpaired) electrons. The number of carbonyl (C=O) groups excluding carboxylic acids is 1. The first-order chi connectivity index (χ1) is 8.24. The third-order valence-electron chi connectivity index (χ3n) is 2.70. The summed E-state index contributed by atoms with van der Waals surface area (Å²) in [6, 6.07) is 0.419. The topological polar surface area (TPSA) is 87.4 Å². The second-order valence-corrected chi connectivity index (χ2v) is 4.17. The Morgan fingerprint density at radius 3 is 2.71 bits per heavy atom. The number of amides is 1. The van der Waals surface area contributed by atoms with Crippen molar-refractivity contribution in [3.05, 3.63) is 0 Å². The smallest absolute Gasteiger partial charge is 0.221 e. The summed E-state index contributed by atoms with van der Waals surface area (Å²) in [6.45, 7) is 4.33. The monoisotopic (exact) mass is 245 g/mol. The number of aliphatic hydroxyl groups excluding tert-OH is 1. The Hall–Kier alpha value is -0.650. The van der Waals surface area contributed by atoms with Crippen LogP contribution in [-0.2, 0) is 4.79 Å². The number of unbranched alkanes of at least 4 members (excludes halogenated alkanes) is 1. The molecule has 5 N–H and O–H groups in total.